The average Bonchev–Trinajstić information content (AvgIpc) is 2.68. The number of aliphatic hydroxyl groups excluding tert-OH is 4. The molecule has 0 saturated heterocycles. The molecule has 4 N–H and O–H groups in total. The van der Waals surface area contributed by atoms with Gasteiger partial charge in [0.05, 0.1) is 43.3 Å². The topological polar surface area (TPSA) is 151 Å². The molecule has 0 aliphatic heterocycles. The number of ether oxygens (including phenoxy) is 2. The van der Waals surface area contributed by atoms with Crippen molar-refractivity contribution in [2.45, 2.75) is 50.6 Å². The summed E-state index contributed by atoms with van der Waals surface area (Å²) in [7, 11) is 1.13. The summed E-state index contributed by atoms with van der Waals surface area (Å²) in [6, 6.07) is 0. The molecule has 7 atom stereocenters. The normalized spacial score (nSPS) is 35.2. The molecule has 0 unspecified atom stereocenters. The SMILES string of the molecule is C=C(C(=O)OC)[C@@H]1[C@H](O)[C@@H]2C(=O)CC[C@H](O)[C@]2(C)C[C@@H]1OC(=O)C(=C)[C@H](O)CO. The van der Waals surface area contributed by atoms with E-state index >= 15 is 0 Å². The molecular weight excluding hydrogens is 384 g/mol. The number of aliphatic hydroxyl groups is 4. The second-order valence-corrected chi connectivity index (χ2v) is 7.91. The molecule has 0 aromatic heterocycles. The summed E-state index contributed by atoms with van der Waals surface area (Å²) in [4.78, 5) is 37.0. The predicted octanol–water partition coefficient (Wildman–Crippen LogP) is -0.736. The van der Waals surface area contributed by atoms with Crippen molar-refractivity contribution in [3.63, 3.8) is 0 Å². The monoisotopic (exact) mass is 412 g/mol. The number of rotatable bonds is 6. The van der Waals surface area contributed by atoms with Gasteiger partial charge in [-0.05, 0) is 12.8 Å². The summed E-state index contributed by atoms with van der Waals surface area (Å²) in [6.07, 6.45) is -4.80. The van der Waals surface area contributed by atoms with Gasteiger partial charge in [0.2, 0.25) is 0 Å². The van der Waals surface area contributed by atoms with Crippen molar-refractivity contribution in [1.29, 1.82) is 0 Å². The zero-order valence-electron chi connectivity index (χ0n) is 16.5. The van der Waals surface area contributed by atoms with E-state index in [9.17, 15) is 29.7 Å². The molecule has 0 amide bonds. The standard InChI is InChI=1S/C20H28O9/c1-9(12(23)8-21)19(27)29-13-7-20(3)14(24)6-5-11(22)16(20)17(25)15(13)10(2)18(26)28-4/h12-17,21,23-25H,1-2,5-8H2,3-4H3/t12-,13+,14+,15+,16+,17+,20+/m1/s1. The van der Waals surface area contributed by atoms with E-state index in [2.05, 4.69) is 17.9 Å². The van der Waals surface area contributed by atoms with E-state index in [1.165, 1.54) is 0 Å². The van der Waals surface area contributed by atoms with E-state index in [0.29, 0.717) is 0 Å². The number of hydrogen-bond donors (Lipinski definition) is 4. The molecule has 0 radical (unpaired) electrons. The van der Waals surface area contributed by atoms with Crippen LogP contribution >= 0.6 is 0 Å². The third-order valence-corrected chi connectivity index (χ3v) is 6.18. The van der Waals surface area contributed by atoms with Crippen LogP contribution in [-0.4, -0.2) is 76.3 Å². The van der Waals surface area contributed by atoms with Crippen LogP contribution in [0.5, 0.6) is 0 Å². The Morgan fingerprint density at radius 1 is 1.28 bits per heavy atom. The van der Waals surface area contributed by atoms with Crippen molar-refractivity contribution >= 4 is 17.7 Å². The van der Waals surface area contributed by atoms with Gasteiger partial charge in [-0.3, -0.25) is 4.79 Å². The Kier molecular flexibility index (Phi) is 7.00. The van der Waals surface area contributed by atoms with Gasteiger partial charge in [0.15, 0.2) is 0 Å². The van der Waals surface area contributed by atoms with E-state index in [-0.39, 0.29) is 30.6 Å². The molecule has 0 aromatic rings. The Morgan fingerprint density at radius 3 is 2.45 bits per heavy atom. The molecule has 0 heterocycles. The van der Waals surface area contributed by atoms with Crippen molar-refractivity contribution < 1.29 is 44.3 Å². The molecule has 2 rings (SSSR count). The summed E-state index contributed by atoms with van der Waals surface area (Å²) in [6.45, 7) is 7.92. The number of carbonyl (C=O) groups is 3. The lowest BCUT2D eigenvalue weighted by Crippen LogP contribution is -2.62. The number of ketones is 1. The molecule has 0 aromatic carbocycles. The quantitative estimate of drug-likeness (QED) is 0.327. The first kappa shape index (κ1) is 23.2. The molecule has 2 fully saturated rings. The van der Waals surface area contributed by atoms with Crippen LogP contribution in [0, 0.1) is 17.3 Å². The molecule has 2 aliphatic rings. The smallest absolute Gasteiger partial charge is 0.336 e. The summed E-state index contributed by atoms with van der Waals surface area (Å²) in [5.41, 5.74) is -1.68. The Balaban J connectivity index is 2.42. The summed E-state index contributed by atoms with van der Waals surface area (Å²) in [5.74, 6) is -4.25. The summed E-state index contributed by atoms with van der Waals surface area (Å²) >= 11 is 0. The molecule has 162 valence electrons. The molecule has 29 heavy (non-hydrogen) atoms. The second kappa shape index (κ2) is 8.74. The zero-order chi connectivity index (χ0) is 22.1. The first-order valence-electron chi connectivity index (χ1n) is 9.34. The van der Waals surface area contributed by atoms with Crippen LogP contribution in [0.15, 0.2) is 24.3 Å². The van der Waals surface area contributed by atoms with Gasteiger partial charge < -0.3 is 29.9 Å². The van der Waals surface area contributed by atoms with E-state index < -0.39 is 65.8 Å². The maximum absolute atomic E-state index is 12.6. The Morgan fingerprint density at radius 2 is 1.90 bits per heavy atom. The molecule has 2 aliphatic carbocycles. The third kappa shape index (κ3) is 4.13. The third-order valence-electron chi connectivity index (χ3n) is 6.18. The van der Waals surface area contributed by atoms with Crippen LogP contribution in [0.25, 0.3) is 0 Å². The van der Waals surface area contributed by atoms with Crippen molar-refractivity contribution in [2.24, 2.45) is 17.3 Å². The predicted molar refractivity (Wildman–Crippen MR) is 99.2 cm³/mol. The fourth-order valence-corrected chi connectivity index (χ4v) is 4.44. The van der Waals surface area contributed by atoms with Gasteiger partial charge in [-0.1, -0.05) is 20.1 Å². The Bertz CT molecular complexity index is 715. The van der Waals surface area contributed by atoms with E-state index in [1.54, 1.807) is 6.92 Å². The highest BCUT2D eigenvalue weighted by molar-refractivity contribution is 5.91. The van der Waals surface area contributed by atoms with Crippen LogP contribution in [0.2, 0.25) is 0 Å². The first-order valence-corrected chi connectivity index (χ1v) is 9.34. The molecule has 9 heteroatoms. The number of hydrogen-bond acceptors (Lipinski definition) is 9. The van der Waals surface area contributed by atoms with Gasteiger partial charge >= 0.3 is 11.9 Å². The lowest BCUT2D eigenvalue weighted by Gasteiger charge is -2.54. The maximum atomic E-state index is 12.6. The van der Waals surface area contributed by atoms with E-state index in [4.69, 9.17) is 9.84 Å². The van der Waals surface area contributed by atoms with E-state index in [1.807, 2.05) is 0 Å². The van der Waals surface area contributed by atoms with Gasteiger partial charge in [-0.2, -0.15) is 0 Å². The van der Waals surface area contributed by atoms with E-state index in [0.717, 1.165) is 7.11 Å². The molecule has 0 spiro atoms. The van der Waals surface area contributed by atoms with Crippen LogP contribution in [-0.2, 0) is 23.9 Å². The van der Waals surface area contributed by atoms with Crippen molar-refractivity contribution in [2.75, 3.05) is 13.7 Å². The minimum Gasteiger partial charge on any atom is -0.466 e. The van der Waals surface area contributed by atoms with Gasteiger partial charge in [0, 0.05) is 17.4 Å². The lowest BCUT2D eigenvalue weighted by atomic mass is 9.53. The molecule has 9 nitrogen and oxygen atoms in total. The minimum absolute atomic E-state index is 0.0312. The number of methoxy groups -OCH3 is 1. The highest BCUT2D eigenvalue weighted by Crippen LogP contribution is 2.52. The zero-order valence-corrected chi connectivity index (χ0v) is 16.5. The van der Waals surface area contributed by atoms with Gasteiger partial charge in [-0.25, -0.2) is 9.59 Å². The maximum Gasteiger partial charge on any atom is 0.336 e. The molecule has 0 bridgehead atoms. The van der Waals surface area contributed by atoms with Crippen molar-refractivity contribution in [1.82, 2.24) is 0 Å². The Hall–Kier alpha value is -2.07. The van der Waals surface area contributed by atoms with Crippen molar-refractivity contribution in [3.8, 4) is 0 Å². The molecule has 2 saturated carbocycles. The fourth-order valence-electron chi connectivity index (χ4n) is 4.44. The molecular formula is C20H28O9. The fraction of sp³-hybridized carbons (Fsp3) is 0.650. The van der Waals surface area contributed by atoms with Crippen molar-refractivity contribution in [3.05, 3.63) is 24.3 Å². The first-order chi connectivity index (χ1) is 13.5. The largest absolute Gasteiger partial charge is 0.466 e. The summed E-state index contributed by atoms with van der Waals surface area (Å²) in [5, 5.41) is 40.2. The van der Waals surface area contributed by atoms with Gasteiger partial charge in [0.25, 0.3) is 0 Å². The number of esters is 2. The second-order valence-electron chi connectivity index (χ2n) is 7.91. The Labute approximate surface area is 168 Å². The van der Waals surface area contributed by atoms with Crippen LogP contribution in [0.1, 0.15) is 26.2 Å². The van der Waals surface area contributed by atoms with Crippen LogP contribution < -0.4 is 0 Å². The highest BCUT2D eigenvalue weighted by atomic mass is 16.5. The van der Waals surface area contributed by atoms with Gasteiger partial charge in [0.1, 0.15) is 18.0 Å². The number of fused-ring (bicyclic) bond motifs is 1. The highest BCUT2D eigenvalue weighted by Gasteiger charge is 2.60. The number of Topliss-reactive ketones (excluding diaryl/α,β-unsaturated/α-hetero) is 1. The minimum atomic E-state index is -1.54. The summed E-state index contributed by atoms with van der Waals surface area (Å²) < 4.78 is 10.1. The average molecular weight is 412 g/mol. The van der Waals surface area contributed by atoms with Crippen LogP contribution in [0.3, 0.4) is 0 Å². The van der Waals surface area contributed by atoms with Crippen LogP contribution in [0.4, 0.5) is 0 Å². The lowest BCUT2D eigenvalue weighted by molar-refractivity contribution is -0.189. The number of carbonyl (C=O) groups excluding carboxylic acids is 3. The van der Waals surface area contributed by atoms with Gasteiger partial charge in [-0.15, -0.1) is 0 Å².